The zero-order chi connectivity index (χ0) is 17.7. The molecule has 1 aliphatic carbocycles. The van der Waals surface area contributed by atoms with Crippen molar-refractivity contribution in [3.63, 3.8) is 0 Å². The molecule has 0 amide bonds. The number of halogens is 1. The SMILES string of the molecule is C=CCN1CCC(NC(=NCCOC2CCCCCC2)NCC)CC1.I. The topological polar surface area (TPSA) is 48.9 Å². The smallest absolute Gasteiger partial charge is 0.191 e. The van der Waals surface area contributed by atoms with Gasteiger partial charge in [0, 0.05) is 32.2 Å². The number of nitrogens with zero attached hydrogens (tertiary/aromatic N) is 2. The van der Waals surface area contributed by atoms with Crippen LogP contribution < -0.4 is 10.6 Å². The maximum atomic E-state index is 6.04. The largest absolute Gasteiger partial charge is 0.376 e. The summed E-state index contributed by atoms with van der Waals surface area (Å²) in [5.41, 5.74) is 0. The van der Waals surface area contributed by atoms with E-state index in [1.165, 1.54) is 38.5 Å². The molecule has 2 fully saturated rings. The van der Waals surface area contributed by atoms with Gasteiger partial charge in [0.25, 0.3) is 0 Å². The average molecular weight is 478 g/mol. The van der Waals surface area contributed by atoms with E-state index >= 15 is 0 Å². The minimum atomic E-state index is 0. The zero-order valence-electron chi connectivity index (χ0n) is 16.5. The summed E-state index contributed by atoms with van der Waals surface area (Å²) >= 11 is 0. The number of hydrogen-bond donors (Lipinski definition) is 2. The fraction of sp³-hybridized carbons (Fsp3) is 0.850. The van der Waals surface area contributed by atoms with Crippen LogP contribution >= 0.6 is 24.0 Å². The number of hydrogen-bond acceptors (Lipinski definition) is 3. The van der Waals surface area contributed by atoms with Gasteiger partial charge in [-0.2, -0.15) is 0 Å². The average Bonchev–Trinajstić information content (AvgIpc) is 2.89. The first-order valence-electron chi connectivity index (χ1n) is 10.3. The Labute approximate surface area is 177 Å². The molecule has 0 spiro atoms. The molecule has 0 radical (unpaired) electrons. The van der Waals surface area contributed by atoms with Crippen molar-refractivity contribution in [2.24, 2.45) is 4.99 Å². The van der Waals surface area contributed by atoms with E-state index in [0.717, 1.165) is 58.1 Å². The molecule has 1 aliphatic heterocycles. The molecule has 1 heterocycles. The van der Waals surface area contributed by atoms with Crippen molar-refractivity contribution >= 4 is 29.9 Å². The number of piperidine rings is 1. The molecular formula is C20H39IN4O. The van der Waals surface area contributed by atoms with Gasteiger partial charge in [-0.25, -0.2) is 0 Å². The van der Waals surface area contributed by atoms with Gasteiger partial charge in [-0.3, -0.25) is 9.89 Å². The van der Waals surface area contributed by atoms with Crippen molar-refractivity contribution in [3.05, 3.63) is 12.7 Å². The molecule has 0 atom stereocenters. The fourth-order valence-corrected chi connectivity index (χ4v) is 3.74. The van der Waals surface area contributed by atoms with Crippen LogP contribution in [0, 0.1) is 0 Å². The summed E-state index contributed by atoms with van der Waals surface area (Å²) in [5.74, 6) is 0.939. The first kappa shape index (κ1) is 23.7. The second kappa shape index (κ2) is 14.7. The highest BCUT2D eigenvalue weighted by Crippen LogP contribution is 2.19. The van der Waals surface area contributed by atoms with Crippen LogP contribution in [-0.4, -0.2) is 62.3 Å². The summed E-state index contributed by atoms with van der Waals surface area (Å²) in [7, 11) is 0. The van der Waals surface area contributed by atoms with Crippen LogP contribution in [-0.2, 0) is 4.74 Å². The van der Waals surface area contributed by atoms with Gasteiger partial charge in [-0.15, -0.1) is 30.6 Å². The van der Waals surface area contributed by atoms with Crippen molar-refractivity contribution in [1.29, 1.82) is 0 Å². The van der Waals surface area contributed by atoms with E-state index in [9.17, 15) is 0 Å². The van der Waals surface area contributed by atoms with E-state index in [1.807, 2.05) is 6.08 Å². The molecule has 2 aliphatic rings. The van der Waals surface area contributed by atoms with Crippen molar-refractivity contribution in [3.8, 4) is 0 Å². The Hall–Kier alpha value is -0.340. The third kappa shape index (κ3) is 9.55. The van der Waals surface area contributed by atoms with E-state index < -0.39 is 0 Å². The predicted octanol–water partition coefficient (Wildman–Crippen LogP) is 3.55. The summed E-state index contributed by atoms with van der Waals surface area (Å²) in [6.07, 6.45) is 12.6. The Morgan fingerprint density at radius 1 is 1.15 bits per heavy atom. The molecular weight excluding hydrogens is 439 g/mol. The van der Waals surface area contributed by atoms with Gasteiger partial charge in [-0.05, 0) is 32.6 Å². The van der Waals surface area contributed by atoms with Gasteiger partial charge in [0.05, 0.1) is 19.3 Å². The molecule has 0 bridgehead atoms. The molecule has 2 N–H and O–H groups in total. The van der Waals surface area contributed by atoms with E-state index in [4.69, 9.17) is 9.73 Å². The lowest BCUT2D eigenvalue weighted by atomic mass is 10.1. The summed E-state index contributed by atoms with van der Waals surface area (Å²) < 4.78 is 6.04. The van der Waals surface area contributed by atoms with Crippen LogP contribution in [0.3, 0.4) is 0 Å². The molecule has 152 valence electrons. The van der Waals surface area contributed by atoms with E-state index in [0.29, 0.717) is 12.1 Å². The van der Waals surface area contributed by atoms with E-state index in [2.05, 4.69) is 29.0 Å². The normalized spacial score (nSPS) is 20.9. The molecule has 0 aromatic heterocycles. The molecule has 5 nitrogen and oxygen atoms in total. The van der Waals surface area contributed by atoms with Crippen LogP contribution in [0.25, 0.3) is 0 Å². The maximum Gasteiger partial charge on any atom is 0.191 e. The lowest BCUT2D eigenvalue weighted by molar-refractivity contribution is 0.0487. The van der Waals surface area contributed by atoms with Gasteiger partial charge >= 0.3 is 0 Å². The number of likely N-dealkylation sites (tertiary alicyclic amines) is 1. The van der Waals surface area contributed by atoms with Crippen molar-refractivity contribution in [2.45, 2.75) is 70.4 Å². The van der Waals surface area contributed by atoms with E-state index in [-0.39, 0.29) is 24.0 Å². The van der Waals surface area contributed by atoms with Gasteiger partial charge in [0.15, 0.2) is 5.96 Å². The molecule has 1 saturated carbocycles. The van der Waals surface area contributed by atoms with Gasteiger partial charge in [0.1, 0.15) is 0 Å². The predicted molar refractivity (Wildman–Crippen MR) is 122 cm³/mol. The summed E-state index contributed by atoms with van der Waals surface area (Å²) in [6, 6.07) is 0.515. The van der Waals surface area contributed by atoms with Crippen LogP contribution in [0.1, 0.15) is 58.3 Å². The minimum Gasteiger partial charge on any atom is -0.376 e. The quantitative estimate of drug-likeness (QED) is 0.140. The van der Waals surface area contributed by atoms with Crippen LogP contribution in [0.2, 0.25) is 0 Å². The van der Waals surface area contributed by atoms with Crippen molar-refractivity contribution < 1.29 is 4.74 Å². The zero-order valence-corrected chi connectivity index (χ0v) is 18.9. The van der Waals surface area contributed by atoms with Crippen LogP contribution in [0.15, 0.2) is 17.6 Å². The summed E-state index contributed by atoms with van der Waals surface area (Å²) in [4.78, 5) is 7.16. The second-order valence-electron chi connectivity index (χ2n) is 7.25. The number of nitrogens with one attached hydrogen (secondary N) is 2. The molecule has 26 heavy (non-hydrogen) atoms. The Kier molecular flexibility index (Phi) is 13.4. The summed E-state index contributed by atoms with van der Waals surface area (Å²) in [5, 5.41) is 6.97. The third-order valence-corrected chi connectivity index (χ3v) is 5.18. The lowest BCUT2D eigenvalue weighted by Crippen LogP contribution is -2.48. The van der Waals surface area contributed by atoms with Crippen molar-refractivity contribution in [2.75, 3.05) is 39.3 Å². The van der Waals surface area contributed by atoms with Gasteiger partial charge in [-0.1, -0.05) is 31.8 Å². The Balaban J connectivity index is 0.00000338. The number of rotatable bonds is 8. The fourth-order valence-electron chi connectivity index (χ4n) is 3.74. The maximum absolute atomic E-state index is 6.04. The molecule has 0 aromatic carbocycles. The molecule has 2 rings (SSSR count). The monoisotopic (exact) mass is 478 g/mol. The Morgan fingerprint density at radius 3 is 2.46 bits per heavy atom. The third-order valence-electron chi connectivity index (χ3n) is 5.18. The van der Waals surface area contributed by atoms with Crippen LogP contribution in [0.5, 0.6) is 0 Å². The standard InChI is InChI=1S/C20H38N4O.HI/c1-3-14-24-15-11-18(12-16-24)23-20(21-4-2)22-13-17-25-19-9-7-5-6-8-10-19;/h3,18-19H,1,4-17H2,2H3,(H2,21,22,23);1H. The number of aliphatic imine (C=N–C) groups is 1. The number of guanidine groups is 1. The highest BCUT2D eigenvalue weighted by molar-refractivity contribution is 14.0. The highest BCUT2D eigenvalue weighted by atomic mass is 127. The first-order valence-corrected chi connectivity index (χ1v) is 10.3. The molecule has 6 heteroatoms. The Morgan fingerprint density at radius 2 is 1.85 bits per heavy atom. The molecule has 0 aromatic rings. The molecule has 0 unspecified atom stereocenters. The molecule has 1 saturated heterocycles. The van der Waals surface area contributed by atoms with Crippen LogP contribution in [0.4, 0.5) is 0 Å². The minimum absolute atomic E-state index is 0. The van der Waals surface area contributed by atoms with E-state index in [1.54, 1.807) is 0 Å². The summed E-state index contributed by atoms with van der Waals surface area (Å²) in [6.45, 7) is 11.6. The number of ether oxygens (including phenoxy) is 1. The van der Waals surface area contributed by atoms with Crippen molar-refractivity contribution in [1.82, 2.24) is 15.5 Å². The second-order valence-corrected chi connectivity index (χ2v) is 7.25. The highest BCUT2D eigenvalue weighted by Gasteiger charge is 2.19. The first-order chi connectivity index (χ1) is 12.3. The Bertz CT molecular complexity index is 389. The van der Waals surface area contributed by atoms with Gasteiger partial charge in [0.2, 0.25) is 0 Å². The van der Waals surface area contributed by atoms with Gasteiger partial charge < -0.3 is 15.4 Å². The lowest BCUT2D eigenvalue weighted by Gasteiger charge is -2.32.